The molecular formula is C23H20O2. The number of allylic oxidation sites excluding steroid dienone is 1. The number of fused-ring (bicyclic) bond motifs is 1. The van der Waals surface area contributed by atoms with Gasteiger partial charge in [0, 0.05) is 11.5 Å². The van der Waals surface area contributed by atoms with Crippen molar-refractivity contribution in [3.05, 3.63) is 96.6 Å². The third-order valence-electron chi connectivity index (χ3n) is 4.55. The summed E-state index contributed by atoms with van der Waals surface area (Å²) in [5.41, 5.74) is 1.48. The average molecular weight is 328 g/mol. The predicted molar refractivity (Wildman–Crippen MR) is 102 cm³/mol. The highest BCUT2D eigenvalue weighted by atomic mass is 16.1. The highest BCUT2D eigenvalue weighted by Gasteiger charge is 2.32. The molecule has 0 aliphatic heterocycles. The number of benzene rings is 3. The van der Waals surface area contributed by atoms with Crippen LogP contribution in [0.15, 0.2) is 85.5 Å². The minimum atomic E-state index is -0.763. The average Bonchev–Trinajstić information content (AvgIpc) is 2.65. The van der Waals surface area contributed by atoms with Crippen LogP contribution in [0.5, 0.6) is 0 Å². The Labute approximate surface area is 147 Å². The van der Waals surface area contributed by atoms with E-state index in [1.807, 2.05) is 66.7 Å². The Kier molecular flexibility index (Phi) is 4.90. The molecule has 0 heterocycles. The summed E-state index contributed by atoms with van der Waals surface area (Å²) in [6.45, 7) is 5.34. The molecule has 0 aromatic heterocycles. The summed E-state index contributed by atoms with van der Waals surface area (Å²) in [5.74, 6) is -1.40. The van der Waals surface area contributed by atoms with E-state index in [2.05, 4.69) is 6.58 Å². The molecule has 0 saturated heterocycles. The second-order valence-corrected chi connectivity index (χ2v) is 6.19. The summed E-state index contributed by atoms with van der Waals surface area (Å²) in [4.78, 5) is 25.5. The van der Waals surface area contributed by atoms with Gasteiger partial charge in [0.15, 0.2) is 5.78 Å². The fourth-order valence-electron chi connectivity index (χ4n) is 3.26. The highest BCUT2D eigenvalue weighted by Crippen LogP contribution is 2.30. The molecule has 0 radical (unpaired) electrons. The standard InChI is InChI=1S/C23H20O2/c1-3-21(18-10-5-4-6-11-18)22(16(2)24)23(25)20-14-13-17-9-7-8-12-19(17)15-20/h3-15,21-22H,1H2,2H3/t21-,22-/m1/s1. The van der Waals surface area contributed by atoms with Crippen molar-refractivity contribution in [1.29, 1.82) is 0 Å². The van der Waals surface area contributed by atoms with Crippen LogP contribution < -0.4 is 0 Å². The lowest BCUT2D eigenvalue weighted by Crippen LogP contribution is -2.28. The van der Waals surface area contributed by atoms with Crippen LogP contribution >= 0.6 is 0 Å². The zero-order valence-corrected chi connectivity index (χ0v) is 14.2. The first kappa shape index (κ1) is 16.8. The molecule has 0 aliphatic carbocycles. The van der Waals surface area contributed by atoms with Gasteiger partial charge in [-0.2, -0.15) is 0 Å². The fourth-order valence-corrected chi connectivity index (χ4v) is 3.26. The van der Waals surface area contributed by atoms with E-state index in [4.69, 9.17) is 0 Å². The zero-order valence-electron chi connectivity index (χ0n) is 14.2. The molecule has 2 heteroatoms. The summed E-state index contributed by atoms with van der Waals surface area (Å²) < 4.78 is 0. The van der Waals surface area contributed by atoms with Crippen LogP contribution in [0.3, 0.4) is 0 Å². The summed E-state index contributed by atoms with van der Waals surface area (Å²) >= 11 is 0. The molecule has 0 N–H and O–H groups in total. The number of hydrogen-bond donors (Lipinski definition) is 0. The van der Waals surface area contributed by atoms with Gasteiger partial charge >= 0.3 is 0 Å². The van der Waals surface area contributed by atoms with E-state index < -0.39 is 5.92 Å². The van der Waals surface area contributed by atoms with Crippen molar-refractivity contribution in [3.63, 3.8) is 0 Å². The van der Waals surface area contributed by atoms with Crippen molar-refractivity contribution in [2.45, 2.75) is 12.8 Å². The van der Waals surface area contributed by atoms with E-state index >= 15 is 0 Å². The summed E-state index contributed by atoms with van der Waals surface area (Å²) in [6.07, 6.45) is 1.69. The molecular weight excluding hydrogens is 308 g/mol. The lowest BCUT2D eigenvalue weighted by atomic mass is 9.79. The Bertz CT molecular complexity index is 925. The number of rotatable bonds is 6. The predicted octanol–water partition coefficient (Wildman–Crippen LogP) is 5.20. The molecule has 2 nitrogen and oxygen atoms in total. The Morgan fingerprint density at radius 2 is 1.52 bits per heavy atom. The molecule has 0 spiro atoms. The first-order chi connectivity index (χ1) is 12.1. The van der Waals surface area contributed by atoms with Crippen LogP contribution in [-0.2, 0) is 4.79 Å². The number of ketones is 2. The van der Waals surface area contributed by atoms with Gasteiger partial charge in [-0.05, 0) is 29.3 Å². The topological polar surface area (TPSA) is 34.1 Å². The van der Waals surface area contributed by atoms with Gasteiger partial charge in [-0.1, -0.05) is 72.8 Å². The van der Waals surface area contributed by atoms with E-state index in [9.17, 15) is 9.59 Å². The van der Waals surface area contributed by atoms with E-state index in [-0.39, 0.29) is 17.5 Å². The minimum absolute atomic E-state index is 0.146. The lowest BCUT2D eigenvalue weighted by Gasteiger charge is -2.22. The van der Waals surface area contributed by atoms with Gasteiger partial charge in [0.05, 0.1) is 5.92 Å². The monoisotopic (exact) mass is 328 g/mol. The number of carbonyl (C=O) groups is 2. The largest absolute Gasteiger partial charge is 0.299 e. The van der Waals surface area contributed by atoms with Crippen molar-refractivity contribution in [2.24, 2.45) is 5.92 Å². The maximum Gasteiger partial charge on any atom is 0.174 e. The van der Waals surface area contributed by atoms with Gasteiger partial charge < -0.3 is 0 Å². The molecule has 0 bridgehead atoms. The molecule has 3 aromatic rings. The molecule has 25 heavy (non-hydrogen) atoms. The molecule has 0 fully saturated rings. The summed E-state index contributed by atoms with van der Waals surface area (Å²) in [5, 5.41) is 2.06. The zero-order chi connectivity index (χ0) is 17.8. The van der Waals surface area contributed by atoms with Crippen molar-refractivity contribution >= 4 is 22.3 Å². The third kappa shape index (κ3) is 3.43. The van der Waals surface area contributed by atoms with Gasteiger partial charge in [0.2, 0.25) is 0 Å². The van der Waals surface area contributed by atoms with Crippen molar-refractivity contribution < 1.29 is 9.59 Å². The van der Waals surface area contributed by atoms with Crippen LogP contribution in [-0.4, -0.2) is 11.6 Å². The maximum absolute atomic E-state index is 13.1. The second-order valence-electron chi connectivity index (χ2n) is 6.19. The van der Waals surface area contributed by atoms with Gasteiger partial charge in [-0.25, -0.2) is 0 Å². The van der Waals surface area contributed by atoms with Crippen LogP contribution in [0.25, 0.3) is 10.8 Å². The van der Waals surface area contributed by atoms with Gasteiger partial charge in [-0.3, -0.25) is 9.59 Å². The molecule has 0 unspecified atom stereocenters. The van der Waals surface area contributed by atoms with E-state index in [0.717, 1.165) is 16.3 Å². The first-order valence-electron chi connectivity index (χ1n) is 8.33. The fraction of sp³-hybridized carbons (Fsp3) is 0.130. The minimum Gasteiger partial charge on any atom is -0.299 e. The molecule has 124 valence electrons. The summed E-state index contributed by atoms with van der Waals surface area (Å²) in [7, 11) is 0. The van der Waals surface area contributed by atoms with Crippen LogP contribution in [0, 0.1) is 5.92 Å². The molecule has 3 rings (SSSR count). The normalized spacial score (nSPS) is 13.2. The van der Waals surface area contributed by atoms with E-state index in [0.29, 0.717) is 5.56 Å². The summed E-state index contributed by atoms with van der Waals surface area (Å²) in [6, 6.07) is 23.0. The maximum atomic E-state index is 13.1. The van der Waals surface area contributed by atoms with Crippen molar-refractivity contribution in [2.75, 3.05) is 0 Å². The SMILES string of the molecule is C=C[C@H](c1ccccc1)[C@@H](C(C)=O)C(=O)c1ccc2ccccc2c1. The molecule has 0 amide bonds. The Hall–Kier alpha value is -3.00. The van der Waals surface area contributed by atoms with Crippen LogP contribution in [0.4, 0.5) is 0 Å². The van der Waals surface area contributed by atoms with Crippen molar-refractivity contribution in [3.8, 4) is 0 Å². The van der Waals surface area contributed by atoms with Gasteiger partial charge in [-0.15, -0.1) is 6.58 Å². The number of carbonyl (C=O) groups excluding carboxylic acids is 2. The lowest BCUT2D eigenvalue weighted by molar-refractivity contribution is -0.119. The van der Waals surface area contributed by atoms with Crippen molar-refractivity contribution in [1.82, 2.24) is 0 Å². The smallest absolute Gasteiger partial charge is 0.174 e. The molecule has 0 aliphatic rings. The second kappa shape index (κ2) is 7.27. The number of hydrogen-bond acceptors (Lipinski definition) is 2. The van der Waals surface area contributed by atoms with Crippen LogP contribution in [0.1, 0.15) is 28.8 Å². The Morgan fingerprint density at radius 3 is 2.16 bits per heavy atom. The van der Waals surface area contributed by atoms with E-state index in [1.54, 1.807) is 12.1 Å². The van der Waals surface area contributed by atoms with Crippen LogP contribution in [0.2, 0.25) is 0 Å². The quantitative estimate of drug-likeness (QED) is 0.354. The van der Waals surface area contributed by atoms with E-state index in [1.165, 1.54) is 6.92 Å². The number of Topliss-reactive ketones (excluding diaryl/α,β-unsaturated/α-hetero) is 2. The molecule has 2 atom stereocenters. The molecule has 0 saturated carbocycles. The molecule has 3 aromatic carbocycles. The highest BCUT2D eigenvalue weighted by molar-refractivity contribution is 6.12. The first-order valence-corrected chi connectivity index (χ1v) is 8.33. The Balaban J connectivity index is 2.02. The van der Waals surface area contributed by atoms with Gasteiger partial charge in [0.25, 0.3) is 0 Å². The van der Waals surface area contributed by atoms with Gasteiger partial charge in [0.1, 0.15) is 5.78 Å². The third-order valence-corrected chi connectivity index (χ3v) is 4.55. The Morgan fingerprint density at radius 1 is 0.880 bits per heavy atom.